The fraction of sp³-hybridized carbons (Fsp3) is 0.462. The maximum Gasteiger partial charge on any atom is 0.0843 e. The van der Waals surface area contributed by atoms with Crippen molar-refractivity contribution >= 4 is 23.1 Å². The molecular formula is C52H58N4S. The van der Waals surface area contributed by atoms with E-state index >= 15 is 0 Å². The quantitative estimate of drug-likeness (QED) is 0.291. The van der Waals surface area contributed by atoms with E-state index in [0.29, 0.717) is 53.9 Å². The Morgan fingerprint density at radius 3 is 2.39 bits per heavy atom. The molecule has 0 radical (unpaired) electrons. The van der Waals surface area contributed by atoms with Gasteiger partial charge in [-0.2, -0.15) is 0 Å². The highest BCUT2D eigenvalue weighted by Crippen LogP contribution is 2.54. The summed E-state index contributed by atoms with van der Waals surface area (Å²) in [6.07, 6.45) is 56.1. The molecule has 0 amide bonds. The second-order valence-electron chi connectivity index (χ2n) is 18.7. The molecule has 4 nitrogen and oxygen atoms in total. The van der Waals surface area contributed by atoms with E-state index in [1.807, 2.05) is 0 Å². The minimum absolute atomic E-state index is 0.0607. The SMILES string of the molecule is C1=CCCC(C2CC(C3C=CC4=C(C3)C3CCCCC3S4)NC(c3cc(N4C5=C(C=CCC5)C5C=CCCC54)cc(N4C5C=CC=CC5C5C=CC=CC54)c3)N2)=C1. The van der Waals surface area contributed by atoms with E-state index in [-0.39, 0.29) is 6.17 Å². The first-order chi connectivity index (χ1) is 28.2. The van der Waals surface area contributed by atoms with Crippen LogP contribution in [0.3, 0.4) is 0 Å². The molecule has 1 aromatic carbocycles. The third kappa shape index (κ3) is 6.00. The molecule has 2 saturated heterocycles. The fourth-order valence-electron chi connectivity index (χ4n) is 13.1. The molecule has 1 aromatic rings. The molecule has 0 spiro atoms. The van der Waals surface area contributed by atoms with Gasteiger partial charge in [0.2, 0.25) is 0 Å². The molecule has 4 heterocycles. The number of anilines is 2. The molecule has 4 aliphatic heterocycles. The molecule has 0 bridgehead atoms. The Balaban J connectivity index is 0.957. The Labute approximate surface area is 344 Å². The van der Waals surface area contributed by atoms with Crippen molar-refractivity contribution in [2.24, 2.45) is 29.6 Å². The van der Waals surface area contributed by atoms with E-state index in [4.69, 9.17) is 0 Å². The largest absolute Gasteiger partial charge is 0.357 e. The zero-order valence-corrected chi connectivity index (χ0v) is 34.1. The third-order valence-electron chi connectivity index (χ3n) is 15.7. The van der Waals surface area contributed by atoms with Crippen molar-refractivity contribution in [3.05, 3.63) is 154 Å². The standard InChI is InChI=1S/C52H58N4S/c1-2-14-33(15-3-1)44-32-45(34-26-27-51-43(30-34)42-20-8-13-25-50(42)57-51)54-52(53-44)35-28-36(55-46-21-9-4-16-38(46)39-17-5-10-22-47(39)55)31-37(29-35)56-48-23-11-6-18-40(48)41-19-7-12-24-49(41)56/h1-2,4-7,9-10,14,16-19,21-22,26-29,31,34,38-40,42,44-48,50,52-54H,3,8,11-13,15,20,23-25,30,32H2. The summed E-state index contributed by atoms with van der Waals surface area (Å²) in [6.45, 7) is 0. The molecule has 1 saturated carbocycles. The summed E-state index contributed by atoms with van der Waals surface area (Å²) < 4.78 is 0. The van der Waals surface area contributed by atoms with Crippen LogP contribution in [0.5, 0.6) is 0 Å². The summed E-state index contributed by atoms with van der Waals surface area (Å²) in [5.74, 6) is 2.76. The summed E-state index contributed by atoms with van der Waals surface area (Å²) in [6, 6.07) is 9.71. The highest BCUT2D eigenvalue weighted by Gasteiger charge is 2.47. The molecule has 12 unspecified atom stereocenters. The van der Waals surface area contributed by atoms with Crippen molar-refractivity contribution in [2.75, 3.05) is 9.80 Å². The monoisotopic (exact) mass is 770 g/mol. The van der Waals surface area contributed by atoms with Crippen LogP contribution in [0.1, 0.15) is 88.8 Å². The minimum atomic E-state index is 0.0607. The van der Waals surface area contributed by atoms with Gasteiger partial charge < -0.3 is 9.80 Å². The molecule has 0 aromatic heterocycles. The number of benzene rings is 1. The predicted octanol–water partition coefficient (Wildman–Crippen LogP) is 11.2. The Morgan fingerprint density at radius 2 is 1.53 bits per heavy atom. The zero-order valence-electron chi connectivity index (χ0n) is 33.3. The van der Waals surface area contributed by atoms with E-state index in [2.05, 4.69) is 154 Å². The Hall–Kier alpha value is -3.77. The van der Waals surface area contributed by atoms with Gasteiger partial charge in [-0.05, 0) is 105 Å². The van der Waals surface area contributed by atoms with E-state index in [0.717, 1.165) is 49.7 Å². The Kier molecular flexibility index (Phi) is 8.95. The Morgan fingerprint density at radius 1 is 0.702 bits per heavy atom. The van der Waals surface area contributed by atoms with E-state index in [1.54, 1.807) is 27.3 Å². The van der Waals surface area contributed by atoms with Crippen molar-refractivity contribution in [2.45, 2.75) is 119 Å². The molecule has 57 heavy (non-hydrogen) atoms. The minimum Gasteiger partial charge on any atom is -0.357 e. The van der Waals surface area contributed by atoms with Crippen LogP contribution in [-0.4, -0.2) is 35.5 Å². The third-order valence-corrected chi connectivity index (χ3v) is 17.2. The van der Waals surface area contributed by atoms with Gasteiger partial charge in [-0.3, -0.25) is 10.6 Å². The number of hydrogen-bond acceptors (Lipinski definition) is 5. The summed E-state index contributed by atoms with van der Waals surface area (Å²) in [5, 5.41) is 9.47. The van der Waals surface area contributed by atoms with Crippen LogP contribution in [0.15, 0.2) is 149 Å². The van der Waals surface area contributed by atoms with Gasteiger partial charge in [-0.15, -0.1) is 11.8 Å². The number of hydrogen-bond donors (Lipinski definition) is 2. The van der Waals surface area contributed by atoms with Gasteiger partial charge in [0, 0.05) is 63.1 Å². The first-order valence-corrected chi connectivity index (χ1v) is 23.6. The highest BCUT2D eigenvalue weighted by atomic mass is 32.2. The molecule has 12 atom stereocenters. The lowest BCUT2D eigenvalue weighted by Gasteiger charge is -2.43. The summed E-state index contributed by atoms with van der Waals surface area (Å²) in [5.41, 5.74) is 10.7. The first kappa shape index (κ1) is 35.2. The van der Waals surface area contributed by atoms with E-state index in [1.165, 1.54) is 55.5 Å². The number of fused-ring (bicyclic) bond motifs is 7. The van der Waals surface area contributed by atoms with Crippen LogP contribution in [0.25, 0.3) is 0 Å². The number of rotatable bonds is 5. The van der Waals surface area contributed by atoms with Gasteiger partial charge in [0.25, 0.3) is 0 Å². The summed E-state index contributed by atoms with van der Waals surface area (Å²) in [4.78, 5) is 7.23. The van der Waals surface area contributed by atoms with Gasteiger partial charge in [-0.1, -0.05) is 127 Å². The lowest BCUT2D eigenvalue weighted by Crippen LogP contribution is -2.56. The molecule has 2 N–H and O–H groups in total. The van der Waals surface area contributed by atoms with Crippen molar-refractivity contribution < 1.29 is 0 Å². The summed E-state index contributed by atoms with van der Waals surface area (Å²) in [7, 11) is 0. The van der Waals surface area contributed by atoms with E-state index in [9.17, 15) is 0 Å². The molecule has 292 valence electrons. The van der Waals surface area contributed by atoms with Crippen molar-refractivity contribution in [1.29, 1.82) is 0 Å². The van der Waals surface area contributed by atoms with Crippen LogP contribution in [0.4, 0.5) is 11.4 Å². The van der Waals surface area contributed by atoms with Crippen molar-refractivity contribution in [3.63, 3.8) is 0 Å². The van der Waals surface area contributed by atoms with Crippen LogP contribution < -0.4 is 20.4 Å². The highest BCUT2D eigenvalue weighted by molar-refractivity contribution is 8.04. The van der Waals surface area contributed by atoms with Crippen LogP contribution in [0.2, 0.25) is 0 Å². The topological polar surface area (TPSA) is 30.5 Å². The van der Waals surface area contributed by atoms with Crippen molar-refractivity contribution in [1.82, 2.24) is 10.6 Å². The molecule has 7 aliphatic carbocycles. The van der Waals surface area contributed by atoms with E-state index < -0.39 is 0 Å². The first-order valence-electron chi connectivity index (χ1n) is 22.7. The summed E-state index contributed by atoms with van der Waals surface area (Å²) >= 11 is 2.21. The average Bonchev–Trinajstić information content (AvgIpc) is 3.94. The van der Waals surface area contributed by atoms with Gasteiger partial charge >= 0.3 is 0 Å². The molecular weight excluding hydrogens is 713 g/mol. The van der Waals surface area contributed by atoms with Crippen molar-refractivity contribution in [3.8, 4) is 0 Å². The van der Waals surface area contributed by atoms with Gasteiger partial charge in [0.15, 0.2) is 0 Å². The molecule has 12 rings (SSSR count). The normalized spacial score (nSPS) is 39.6. The lowest BCUT2D eigenvalue weighted by molar-refractivity contribution is 0.221. The number of thioether (sulfide) groups is 1. The second kappa shape index (κ2) is 14.5. The maximum absolute atomic E-state index is 4.36. The van der Waals surface area contributed by atoms with Gasteiger partial charge in [-0.25, -0.2) is 0 Å². The molecule has 5 heteroatoms. The number of nitrogens with one attached hydrogen (secondary N) is 2. The molecule has 3 fully saturated rings. The van der Waals surface area contributed by atoms with Gasteiger partial charge in [0.1, 0.15) is 0 Å². The second-order valence-corrected chi connectivity index (χ2v) is 20.0. The van der Waals surface area contributed by atoms with Crippen LogP contribution in [-0.2, 0) is 0 Å². The fourth-order valence-corrected chi connectivity index (χ4v) is 14.7. The number of nitrogens with zero attached hydrogens (tertiary/aromatic N) is 2. The van der Waals surface area contributed by atoms with Crippen LogP contribution >= 0.6 is 11.8 Å². The van der Waals surface area contributed by atoms with Crippen LogP contribution in [0, 0.1) is 29.6 Å². The molecule has 11 aliphatic rings. The number of allylic oxidation sites excluding steroid dienone is 13. The Bertz CT molecular complexity index is 2120. The smallest absolute Gasteiger partial charge is 0.0843 e. The van der Waals surface area contributed by atoms with Gasteiger partial charge in [0.05, 0.1) is 18.2 Å². The average molecular weight is 771 g/mol. The zero-order chi connectivity index (χ0) is 37.5. The predicted molar refractivity (Wildman–Crippen MR) is 239 cm³/mol. The lowest BCUT2D eigenvalue weighted by atomic mass is 9.75. The maximum atomic E-state index is 4.36.